The van der Waals surface area contributed by atoms with E-state index in [1.165, 1.54) is 0 Å². The number of aromatic nitrogens is 4. The van der Waals surface area contributed by atoms with Crippen LogP contribution >= 0.6 is 0 Å². The van der Waals surface area contributed by atoms with E-state index in [2.05, 4.69) is 10.2 Å². The summed E-state index contributed by atoms with van der Waals surface area (Å²) in [6.45, 7) is -0.110. The van der Waals surface area contributed by atoms with Gasteiger partial charge in [0.1, 0.15) is 5.75 Å². The van der Waals surface area contributed by atoms with E-state index in [4.69, 9.17) is 4.74 Å². The highest BCUT2D eigenvalue weighted by Gasteiger charge is 2.23. The molecule has 1 fully saturated rings. The standard InChI is InChI=1S/C21H20N4O2/c1-24-19-6-3-7-20(18(19)12-22-24)25-21(11-15(13-26)23-25)14-4-2-5-17(10-14)27-16-8-9-16/h2-7,10-12,16,26H,8-9,13H2,1H3. The number of benzene rings is 2. The Kier molecular flexibility index (Phi) is 3.72. The fraction of sp³-hybridized carbons (Fsp3) is 0.238. The van der Waals surface area contributed by atoms with Crippen LogP contribution in [0.4, 0.5) is 0 Å². The number of nitrogens with zero attached hydrogens (tertiary/aromatic N) is 4. The maximum Gasteiger partial charge on any atom is 0.120 e. The lowest BCUT2D eigenvalue weighted by molar-refractivity contribution is 0.276. The van der Waals surface area contributed by atoms with Gasteiger partial charge in [-0.3, -0.25) is 4.68 Å². The largest absolute Gasteiger partial charge is 0.490 e. The molecule has 1 N–H and O–H groups in total. The summed E-state index contributed by atoms with van der Waals surface area (Å²) in [5.41, 5.74) is 4.51. The van der Waals surface area contributed by atoms with Gasteiger partial charge < -0.3 is 9.84 Å². The molecule has 0 atom stereocenters. The van der Waals surface area contributed by atoms with Crippen LogP contribution in [0.5, 0.6) is 5.75 Å². The third-order valence-electron chi connectivity index (χ3n) is 4.88. The Morgan fingerprint density at radius 1 is 1.15 bits per heavy atom. The van der Waals surface area contributed by atoms with Crippen molar-refractivity contribution in [3.05, 3.63) is 60.4 Å². The Morgan fingerprint density at radius 3 is 2.81 bits per heavy atom. The molecular weight excluding hydrogens is 340 g/mol. The molecule has 1 aliphatic rings. The number of aliphatic hydroxyl groups is 1. The molecular formula is C21H20N4O2. The maximum atomic E-state index is 9.65. The number of rotatable bonds is 5. The van der Waals surface area contributed by atoms with Crippen LogP contribution in [0.25, 0.3) is 27.8 Å². The molecule has 6 heteroatoms. The molecule has 4 aromatic rings. The van der Waals surface area contributed by atoms with Gasteiger partial charge >= 0.3 is 0 Å². The number of fused-ring (bicyclic) bond motifs is 1. The summed E-state index contributed by atoms with van der Waals surface area (Å²) in [5, 5.41) is 19.7. The minimum atomic E-state index is -0.110. The van der Waals surface area contributed by atoms with E-state index in [0.717, 1.165) is 46.4 Å². The van der Waals surface area contributed by atoms with E-state index >= 15 is 0 Å². The minimum absolute atomic E-state index is 0.110. The van der Waals surface area contributed by atoms with Crippen LogP contribution in [0.3, 0.4) is 0 Å². The first kappa shape index (κ1) is 16.1. The lowest BCUT2D eigenvalue weighted by Gasteiger charge is -2.11. The van der Waals surface area contributed by atoms with E-state index in [-0.39, 0.29) is 6.61 Å². The van der Waals surface area contributed by atoms with Gasteiger partial charge in [-0.15, -0.1) is 0 Å². The van der Waals surface area contributed by atoms with Crippen LogP contribution in [0.2, 0.25) is 0 Å². The topological polar surface area (TPSA) is 65.1 Å². The van der Waals surface area contributed by atoms with Crippen LogP contribution in [0.15, 0.2) is 54.7 Å². The summed E-state index contributed by atoms with van der Waals surface area (Å²) in [4.78, 5) is 0. The van der Waals surface area contributed by atoms with E-state index in [1.54, 1.807) is 0 Å². The molecule has 27 heavy (non-hydrogen) atoms. The average Bonchev–Trinajstić information content (AvgIpc) is 3.27. The fourth-order valence-electron chi connectivity index (χ4n) is 3.35. The second-order valence-corrected chi connectivity index (χ2v) is 6.91. The smallest absolute Gasteiger partial charge is 0.120 e. The molecule has 1 saturated carbocycles. The van der Waals surface area contributed by atoms with Crippen molar-refractivity contribution < 1.29 is 9.84 Å². The molecule has 0 spiro atoms. The minimum Gasteiger partial charge on any atom is -0.490 e. The van der Waals surface area contributed by atoms with Crippen molar-refractivity contribution >= 4 is 10.9 Å². The van der Waals surface area contributed by atoms with Crippen molar-refractivity contribution in [2.24, 2.45) is 7.05 Å². The van der Waals surface area contributed by atoms with E-state index < -0.39 is 0 Å². The first-order valence-electron chi connectivity index (χ1n) is 9.11. The lowest BCUT2D eigenvalue weighted by atomic mass is 10.1. The summed E-state index contributed by atoms with van der Waals surface area (Å²) in [6.07, 6.45) is 4.45. The number of aryl methyl sites for hydroxylation is 1. The summed E-state index contributed by atoms with van der Waals surface area (Å²) < 4.78 is 9.67. The van der Waals surface area contributed by atoms with Crippen molar-refractivity contribution in [3.63, 3.8) is 0 Å². The third-order valence-corrected chi connectivity index (χ3v) is 4.88. The quantitative estimate of drug-likeness (QED) is 0.592. The zero-order chi connectivity index (χ0) is 18.4. The van der Waals surface area contributed by atoms with Crippen molar-refractivity contribution in [1.82, 2.24) is 19.6 Å². The van der Waals surface area contributed by atoms with Crippen LogP contribution in [-0.4, -0.2) is 30.8 Å². The number of hydrogen-bond acceptors (Lipinski definition) is 4. The molecule has 0 radical (unpaired) electrons. The van der Waals surface area contributed by atoms with Gasteiger partial charge in [-0.2, -0.15) is 10.2 Å². The first-order valence-corrected chi connectivity index (χ1v) is 9.11. The zero-order valence-electron chi connectivity index (χ0n) is 15.0. The van der Waals surface area contributed by atoms with Crippen molar-refractivity contribution in [2.75, 3.05) is 0 Å². The summed E-state index contributed by atoms with van der Waals surface area (Å²) >= 11 is 0. The molecule has 0 amide bonds. The van der Waals surface area contributed by atoms with Gasteiger partial charge in [-0.25, -0.2) is 4.68 Å². The molecule has 0 bridgehead atoms. The van der Waals surface area contributed by atoms with Gasteiger partial charge in [0.2, 0.25) is 0 Å². The predicted octanol–water partition coefficient (Wildman–Crippen LogP) is 3.46. The number of ether oxygens (including phenoxy) is 1. The zero-order valence-corrected chi connectivity index (χ0v) is 15.0. The van der Waals surface area contributed by atoms with Crippen LogP contribution in [-0.2, 0) is 13.7 Å². The van der Waals surface area contributed by atoms with E-state index in [1.807, 2.05) is 71.1 Å². The highest BCUT2D eigenvalue weighted by Crippen LogP contribution is 2.32. The molecule has 1 aliphatic carbocycles. The van der Waals surface area contributed by atoms with Crippen LogP contribution in [0.1, 0.15) is 18.5 Å². The molecule has 2 heterocycles. The lowest BCUT2D eigenvalue weighted by Crippen LogP contribution is -2.01. The predicted molar refractivity (Wildman–Crippen MR) is 103 cm³/mol. The van der Waals surface area contributed by atoms with Crippen molar-refractivity contribution in [3.8, 4) is 22.7 Å². The third kappa shape index (κ3) is 2.88. The van der Waals surface area contributed by atoms with Crippen LogP contribution < -0.4 is 4.74 Å². The van der Waals surface area contributed by atoms with Gasteiger partial charge in [0.25, 0.3) is 0 Å². The highest BCUT2D eigenvalue weighted by atomic mass is 16.5. The Bertz CT molecular complexity index is 1120. The van der Waals surface area contributed by atoms with Gasteiger partial charge in [0, 0.05) is 18.0 Å². The second-order valence-electron chi connectivity index (χ2n) is 6.91. The van der Waals surface area contributed by atoms with Crippen molar-refractivity contribution in [1.29, 1.82) is 0 Å². The molecule has 6 nitrogen and oxygen atoms in total. The summed E-state index contributed by atoms with van der Waals surface area (Å²) in [5.74, 6) is 0.868. The number of aliphatic hydroxyl groups excluding tert-OH is 1. The molecule has 0 aliphatic heterocycles. The number of hydrogen-bond donors (Lipinski definition) is 1. The van der Waals surface area contributed by atoms with Gasteiger partial charge in [-0.1, -0.05) is 18.2 Å². The monoisotopic (exact) mass is 360 g/mol. The maximum absolute atomic E-state index is 9.65. The second kappa shape index (κ2) is 6.25. The Morgan fingerprint density at radius 2 is 2.00 bits per heavy atom. The molecule has 2 aromatic heterocycles. The van der Waals surface area contributed by atoms with Gasteiger partial charge in [0.05, 0.1) is 41.5 Å². The molecule has 2 aromatic carbocycles. The SMILES string of the molecule is Cn1ncc2c(-n3nc(CO)cc3-c3cccc(OC4CC4)c3)cccc21. The van der Waals surface area contributed by atoms with Gasteiger partial charge in [-0.05, 0) is 43.2 Å². The molecule has 136 valence electrons. The van der Waals surface area contributed by atoms with Crippen LogP contribution in [0, 0.1) is 0 Å². The van der Waals surface area contributed by atoms with Crippen molar-refractivity contribution in [2.45, 2.75) is 25.6 Å². The summed E-state index contributed by atoms with van der Waals surface area (Å²) in [7, 11) is 1.92. The molecule has 5 rings (SSSR count). The summed E-state index contributed by atoms with van der Waals surface area (Å²) in [6, 6.07) is 16.0. The van der Waals surface area contributed by atoms with E-state index in [0.29, 0.717) is 11.8 Å². The first-order chi connectivity index (χ1) is 13.2. The molecule has 0 unspecified atom stereocenters. The average molecular weight is 360 g/mol. The molecule has 0 saturated heterocycles. The Labute approximate surface area is 156 Å². The highest BCUT2D eigenvalue weighted by molar-refractivity contribution is 5.88. The Hall–Kier alpha value is -3.12. The Balaban J connectivity index is 1.66. The van der Waals surface area contributed by atoms with E-state index in [9.17, 15) is 5.11 Å². The normalized spacial score (nSPS) is 14.0. The van der Waals surface area contributed by atoms with Gasteiger partial charge in [0.15, 0.2) is 0 Å². The fourth-order valence-corrected chi connectivity index (χ4v) is 3.35.